The van der Waals surface area contributed by atoms with Gasteiger partial charge < -0.3 is 5.32 Å². The number of benzene rings is 2. The van der Waals surface area contributed by atoms with Gasteiger partial charge in [0.15, 0.2) is 5.78 Å². The Balaban J connectivity index is 1.99. The molecule has 4 heteroatoms. The van der Waals surface area contributed by atoms with E-state index in [1.165, 1.54) is 11.0 Å². The minimum Gasteiger partial charge on any atom is -0.362 e. The van der Waals surface area contributed by atoms with E-state index in [1.54, 1.807) is 30.1 Å². The summed E-state index contributed by atoms with van der Waals surface area (Å²) in [5.41, 5.74) is 1.64. The third-order valence-corrected chi connectivity index (χ3v) is 3.94. The number of rotatable bonds is 5. The second-order valence-corrected chi connectivity index (χ2v) is 5.88. The van der Waals surface area contributed by atoms with Gasteiger partial charge in [-0.1, -0.05) is 22.0 Å². The third kappa shape index (κ3) is 4.25. The van der Waals surface area contributed by atoms with E-state index in [4.69, 9.17) is 0 Å². The molecule has 0 aliphatic carbocycles. The van der Waals surface area contributed by atoms with E-state index in [-0.39, 0.29) is 5.78 Å². The molecule has 1 N–H and O–H groups in total. The van der Waals surface area contributed by atoms with Gasteiger partial charge in [0.2, 0.25) is 0 Å². The van der Waals surface area contributed by atoms with E-state index >= 15 is 0 Å². The van der Waals surface area contributed by atoms with E-state index in [2.05, 4.69) is 21.2 Å². The molecule has 2 aromatic carbocycles. The Morgan fingerprint density at radius 1 is 1.20 bits per heavy atom. The molecule has 2 aromatic rings. The molecule has 0 aliphatic heterocycles. The number of carbonyl (C=O) groups excluding carboxylic acids is 1. The molecule has 0 amide bonds. The Labute approximate surface area is 131 Å². The molecule has 0 aliphatic rings. The van der Waals surface area contributed by atoms with Crippen LogP contribution in [0.5, 0.6) is 0 Å². The Morgan fingerprint density at radius 3 is 2.65 bits per heavy atom. The van der Waals surface area contributed by atoms with Crippen molar-refractivity contribution in [2.45, 2.75) is 4.90 Å². The summed E-state index contributed by atoms with van der Waals surface area (Å²) in [5.74, 6) is -0.0222. The van der Waals surface area contributed by atoms with Crippen LogP contribution in [0.4, 0.5) is 5.69 Å². The monoisotopic (exact) mass is 347 g/mol. The van der Waals surface area contributed by atoms with Crippen LogP contribution in [-0.2, 0) is 0 Å². The van der Waals surface area contributed by atoms with E-state index in [0.717, 1.165) is 10.2 Å². The molecule has 0 atom stereocenters. The van der Waals surface area contributed by atoms with Crippen LogP contribution in [0.15, 0.2) is 70.2 Å². The fourth-order valence-corrected chi connectivity index (χ4v) is 2.36. The number of thioether (sulfide) groups is 1. The highest BCUT2D eigenvalue weighted by Crippen LogP contribution is 2.19. The number of carbonyl (C=O) groups is 1. The van der Waals surface area contributed by atoms with Gasteiger partial charge in [0.25, 0.3) is 0 Å². The molecule has 0 heterocycles. The number of hydrogen-bond donors (Lipinski definition) is 1. The van der Waals surface area contributed by atoms with Gasteiger partial charge in [-0.15, -0.1) is 11.8 Å². The molecule has 0 aromatic heterocycles. The molecule has 0 radical (unpaired) electrons. The van der Waals surface area contributed by atoms with Crippen molar-refractivity contribution >= 4 is 39.2 Å². The van der Waals surface area contributed by atoms with Gasteiger partial charge in [-0.3, -0.25) is 4.79 Å². The van der Waals surface area contributed by atoms with Crippen LogP contribution in [0.3, 0.4) is 0 Å². The van der Waals surface area contributed by atoms with Gasteiger partial charge in [-0.05, 0) is 48.7 Å². The van der Waals surface area contributed by atoms with Gasteiger partial charge in [0.05, 0.1) is 0 Å². The quantitative estimate of drug-likeness (QED) is 0.469. The number of nitrogens with one attached hydrogen (secondary N) is 1. The summed E-state index contributed by atoms with van der Waals surface area (Å²) in [4.78, 5) is 13.1. The predicted octanol–water partition coefficient (Wildman–Crippen LogP) is 4.98. The molecule has 102 valence electrons. The second-order valence-electron chi connectivity index (χ2n) is 4.08. The fourth-order valence-electron chi connectivity index (χ4n) is 1.64. The van der Waals surface area contributed by atoms with Crippen LogP contribution in [0, 0.1) is 0 Å². The van der Waals surface area contributed by atoms with Crippen molar-refractivity contribution < 1.29 is 4.79 Å². The van der Waals surface area contributed by atoms with Crippen LogP contribution in [-0.4, -0.2) is 12.0 Å². The SMILES string of the molecule is CSc1cccc(NC=CC(=O)c2ccc(Br)cc2)c1. The summed E-state index contributed by atoms with van der Waals surface area (Å²) in [6.45, 7) is 0. The summed E-state index contributed by atoms with van der Waals surface area (Å²) in [5, 5.41) is 3.11. The van der Waals surface area contributed by atoms with Crippen molar-refractivity contribution in [1.82, 2.24) is 0 Å². The highest BCUT2D eigenvalue weighted by atomic mass is 79.9. The molecule has 2 nitrogen and oxygen atoms in total. The number of ketones is 1. The van der Waals surface area contributed by atoms with Gasteiger partial charge in [0.1, 0.15) is 0 Å². The number of anilines is 1. The van der Waals surface area contributed by atoms with Gasteiger partial charge in [-0.25, -0.2) is 0 Å². The normalized spacial score (nSPS) is 10.7. The van der Waals surface area contributed by atoms with Crippen molar-refractivity contribution in [3.63, 3.8) is 0 Å². The Bertz CT molecular complexity index is 623. The van der Waals surface area contributed by atoms with Gasteiger partial charge >= 0.3 is 0 Å². The first-order valence-electron chi connectivity index (χ1n) is 6.06. The molecular weight excluding hydrogens is 334 g/mol. The van der Waals surface area contributed by atoms with Crippen molar-refractivity contribution in [2.75, 3.05) is 11.6 Å². The van der Waals surface area contributed by atoms with E-state index < -0.39 is 0 Å². The van der Waals surface area contributed by atoms with Crippen LogP contribution in [0.2, 0.25) is 0 Å². The first-order valence-corrected chi connectivity index (χ1v) is 8.08. The first kappa shape index (κ1) is 14.9. The first-order chi connectivity index (χ1) is 9.69. The zero-order chi connectivity index (χ0) is 14.4. The molecule has 2 rings (SSSR count). The third-order valence-electron chi connectivity index (χ3n) is 2.68. The topological polar surface area (TPSA) is 29.1 Å². The minimum absolute atomic E-state index is 0.0222. The highest BCUT2D eigenvalue weighted by Gasteiger charge is 2.00. The fraction of sp³-hybridized carbons (Fsp3) is 0.0625. The van der Waals surface area contributed by atoms with Crippen LogP contribution in [0.1, 0.15) is 10.4 Å². The molecule has 0 spiro atoms. The van der Waals surface area contributed by atoms with Crippen molar-refractivity contribution in [1.29, 1.82) is 0 Å². The lowest BCUT2D eigenvalue weighted by atomic mass is 10.1. The summed E-state index contributed by atoms with van der Waals surface area (Å²) >= 11 is 5.03. The maximum absolute atomic E-state index is 11.9. The maximum atomic E-state index is 11.9. The maximum Gasteiger partial charge on any atom is 0.187 e. The lowest BCUT2D eigenvalue weighted by molar-refractivity contribution is 0.104. The number of halogens is 1. The van der Waals surface area contributed by atoms with E-state index in [1.807, 2.05) is 42.7 Å². The summed E-state index contributed by atoms with van der Waals surface area (Å²) in [6, 6.07) is 15.3. The molecule has 0 fully saturated rings. The summed E-state index contributed by atoms with van der Waals surface area (Å²) < 4.78 is 0.963. The predicted molar refractivity (Wildman–Crippen MR) is 89.5 cm³/mol. The number of allylic oxidation sites excluding steroid dienone is 1. The Morgan fingerprint density at radius 2 is 1.95 bits per heavy atom. The van der Waals surface area contributed by atoms with Crippen LogP contribution < -0.4 is 5.32 Å². The molecular formula is C16H14BrNOS. The average molecular weight is 348 g/mol. The smallest absolute Gasteiger partial charge is 0.187 e. The lowest BCUT2D eigenvalue weighted by Crippen LogP contribution is -1.96. The van der Waals surface area contributed by atoms with E-state index in [0.29, 0.717) is 5.56 Å². The molecule has 20 heavy (non-hydrogen) atoms. The highest BCUT2D eigenvalue weighted by molar-refractivity contribution is 9.10. The lowest BCUT2D eigenvalue weighted by Gasteiger charge is -2.02. The van der Waals surface area contributed by atoms with E-state index in [9.17, 15) is 4.79 Å². The Kier molecular flexibility index (Phi) is 5.44. The zero-order valence-electron chi connectivity index (χ0n) is 11.0. The van der Waals surface area contributed by atoms with Gasteiger partial charge in [0, 0.05) is 32.9 Å². The van der Waals surface area contributed by atoms with Gasteiger partial charge in [-0.2, -0.15) is 0 Å². The van der Waals surface area contributed by atoms with Crippen LogP contribution in [0.25, 0.3) is 0 Å². The average Bonchev–Trinajstić information content (AvgIpc) is 2.48. The molecule has 0 bridgehead atoms. The minimum atomic E-state index is -0.0222. The molecule has 0 saturated carbocycles. The second kappa shape index (κ2) is 7.31. The Hall–Kier alpha value is -1.52. The van der Waals surface area contributed by atoms with Crippen LogP contribution >= 0.6 is 27.7 Å². The van der Waals surface area contributed by atoms with Crippen molar-refractivity contribution in [3.8, 4) is 0 Å². The largest absolute Gasteiger partial charge is 0.362 e. The number of hydrogen-bond acceptors (Lipinski definition) is 3. The van der Waals surface area contributed by atoms with Crippen molar-refractivity contribution in [2.24, 2.45) is 0 Å². The van der Waals surface area contributed by atoms with Crippen molar-refractivity contribution in [3.05, 3.63) is 70.8 Å². The summed E-state index contributed by atoms with van der Waals surface area (Å²) in [6.07, 6.45) is 5.24. The zero-order valence-corrected chi connectivity index (χ0v) is 13.4. The summed E-state index contributed by atoms with van der Waals surface area (Å²) in [7, 11) is 0. The molecule has 0 saturated heterocycles. The molecule has 0 unspecified atom stereocenters. The standard InChI is InChI=1S/C16H14BrNOS/c1-20-15-4-2-3-14(11-15)18-10-9-16(19)12-5-7-13(17)8-6-12/h2-11,18H,1H3.